The molecule has 7 nitrogen and oxygen atoms in total. The van der Waals surface area contributed by atoms with Crippen molar-refractivity contribution in [3.05, 3.63) is 39.9 Å². The smallest absolute Gasteiger partial charge is 0.273 e. The molecular formula is C10H11N3O4. The number of carbonyl (C=O) groups excluding carboxylic acids is 2. The van der Waals surface area contributed by atoms with Crippen molar-refractivity contribution in [2.24, 2.45) is 0 Å². The Balaban J connectivity index is 2.97. The van der Waals surface area contributed by atoms with Crippen LogP contribution < -0.4 is 5.43 Å². The van der Waals surface area contributed by atoms with E-state index in [2.05, 4.69) is 5.43 Å². The van der Waals surface area contributed by atoms with Crippen molar-refractivity contribution in [2.75, 3.05) is 7.05 Å². The van der Waals surface area contributed by atoms with Gasteiger partial charge in [-0.1, -0.05) is 12.1 Å². The summed E-state index contributed by atoms with van der Waals surface area (Å²) in [4.78, 5) is 32.6. The first-order chi connectivity index (χ1) is 7.93. The van der Waals surface area contributed by atoms with Crippen LogP contribution in [0.2, 0.25) is 0 Å². The molecule has 0 spiro atoms. The van der Waals surface area contributed by atoms with Crippen LogP contribution in [-0.2, 0) is 4.79 Å². The number of nitrogens with zero attached hydrogens (tertiary/aromatic N) is 2. The van der Waals surface area contributed by atoms with E-state index in [0.717, 1.165) is 5.01 Å². The lowest BCUT2D eigenvalue weighted by atomic mass is 10.2. The van der Waals surface area contributed by atoms with Crippen molar-refractivity contribution >= 4 is 17.5 Å². The van der Waals surface area contributed by atoms with E-state index in [4.69, 9.17) is 0 Å². The van der Waals surface area contributed by atoms with E-state index < -0.39 is 10.8 Å². The molecule has 0 aliphatic heterocycles. The van der Waals surface area contributed by atoms with E-state index in [1.165, 1.54) is 38.2 Å². The largest absolute Gasteiger partial charge is 0.282 e. The summed E-state index contributed by atoms with van der Waals surface area (Å²) in [6.45, 7) is 1.26. The Kier molecular flexibility index (Phi) is 3.76. The number of hydrazine groups is 1. The molecule has 1 rings (SSSR count). The predicted octanol–water partition coefficient (Wildman–Crippen LogP) is 0.718. The first-order valence-electron chi connectivity index (χ1n) is 4.72. The van der Waals surface area contributed by atoms with Crippen LogP contribution in [0.4, 0.5) is 5.69 Å². The Morgan fingerprint density at radius 2 is 1.94 bits per heavy atom. The molecule has 0 saturated heterocycles. The minimum atomic E-state index is -0.699. The van der Waals surface area contributed by atoms with Gasteiger partial charge in [0, 0.05) is 20.0 Å². The Morgan fingerprint density at radius 3 is 2.47 bits per heavy atom. The molecule has 0 aromatic heterocycles. The summed E-state index contributed by atoms with van der Waals surface area (Å²) in [5.41, 5.74) is 1.84. The van der Waals surface area contributed by atoms with Crippen LogP contribution in [0, 0.1) is 10.1 Å². The first kappa shape index (κ1) is 12.6. The molecule has 1 aromatic rings. The van der Waals surface area contributed by atoms with Crippen molar-refractivity contribution in [3.8, 4) is 0 Å². The zero-order valence-corrected chi connectivity index (χ0v) is 9.34. The Bertz CT molecular complexity index is 472. The minimum Gasteiger partial charge on any atom is -0.273 e. The van der Waals surface area contributed by atoms with E-state index in [-0.39, 0.29) is 17.2 Å². The average molecular weight is 237 g/mol. The number of nitro groups is 1. The van der Waals surface area contributed by atoms with Crippen molar-refractivity contribution in [1.29, 1.82) is 0 Å². The van der Waals surface area contributed by atoms with Crippen molar-refractivity contribution in [2.45, 2.75) is 6.92 Å². The monoisotopic (exact) mass is 237 g/mol. The zero-order valence-electron chi connectivity index (χ0n) is 9.34. The molecule has 2 amide bonds. The number of nitro benzene ring substituents is 1. The van der Waals surface area contributed by atoms with Gasteiger partial charge in [0.25, 0.3) is 11.6 Å². The van der Waals surface area contributed by atoms with E-state index in [1.54, 1.807) is 0 Å². The first-order valence-corrected chi connectivity index (χ1v) is 4.72. The van der Waals surface area contributed by atoms with E-state index in [0.29, 0.717) is 0 Å². The third-order valence-corrected chi connectivity index (χ3v) is 2.09. The number of rotatable bonds is 2. The fourth-order valence-corrected chi connectivity index (χ4v) is 1.12. The summed E-state index contributed by atoms with van der Waals surface area (Å²) in [5, 5.41) is 11.6. The SMILES string of the molecule is CC(=O)N(C)NC(=O)c1ccccc1[N+](=O)[O-]. The van der Waals surface area contributed by atoms with Crippen LogP contribution in [-0.4, -0.2) is 28.8 Å². The second-order valence-corrected chi connectivity index (χ2v) is 3.29. The van der Waals surface area contributed by atoms with Gasteiger partial charge in [0.05, 0.1) is 4.92 Å². The molecule has 0 radical (unpaired) electrons. The number of carbonyl (C=O) groups is 2. The number of amides is 2. The zero-order chi connectivity index (χ0) is 13.0. The number of benzene rings is 1. The van der Waals surface area contributed by atoms with Gasteiger partial charge in [-0.25, -0.2) is 0 Å². The van der Waals surface area contributed by atoms with Gasteiger partial charge in [-0.15, -0.1) is 0 Å². The number of hydrogen-bond donors (Lipinski definition) is 1. The quantitative estimate of drug-likeness (QED) is 0.605. The number of nitrogens with one attached hydrogen (secondary N) is 1. The molecule has 7 heteroatoms. The molecular weight excluding hydrogens is 226 g/mol. The van der Waals surface area contributed by atoms with Gasteiger partial charge < -0.3 is 0 Å². The van der Waals surface area contributed by atoms with Crippen LogP contribution in [0.5, 0.6) is 0 Å². The highest BCUT2D eigenvalue weighted by Gasteiger charge is 2.20. The third kappa shape index (κ3) is 3.00. The van der Waals surface area contributed by atoms with Crippen LogP contribution >= 0.6 is 0 Å². The molecule has 17 heavy (non-hydrogen) atoms. The second kappa shape index (κ2) is 5.06. The van der Waals surface area contributed by atoms with Gasteiger partial charge in [-0.05, 0) is 6.07 Å². The van der Waals surface area contributed by atoms with Crippen LogP contribution in [0.3, 0.4) is 0 Å². The van der Waals surface area contributed by atoms with Gasteiger partial charge >= 0.3 is 0 Å². The van der Waals surface area contributed by atoms with Crippen LogP contribution in [0.25, 0.3) is 0 Å². The van der Waals surface area contributed by atoms with Gasteiger partial charge in [-0.2, -0.15) is 0 Å². The highest BCUT2D eigenvalue weighted by atomic mass is 16.6. The Hall–Kier alpha value is -2.44. The summed E-state index contributed by atoms with van der Waals surface area (Å²) >= 11 is 0. The maximum absolute atomic E-state index is 11.7. The number of hydrogen-bond acceptors (Lipinski definition) is 4. The van der Waals surface area contributed by atoms with Gasteiger partial charge in [0.1, 0.15) is 5.56 Å². The van der Waals surface area contributed by atoms with E-state index >= 15 is 0 Å². The molecule has 0 unspecified atom stereocenters. The molecule has 0 aliphatic carbocycles. The molecule has 90 valence electrons. The number of para-hydroxylation sites is 1. The van der Waals surface area contributed by atoms with Gasteiger partial charge in [0.15, 0.2) is 0 Å². The van der Waals surface area contributed by atoms with E-state index in [9.17, 15) is 19.7 Å². The molecule has 0 saturated carbocycles. The van der Waals surface area contributed by atoms with Gasteiger partial charge in [-0.3, -0.25) is 30.1 Å². The summed E-state index contributed by atoms with van der Waals surface area (Å²) < 4.78 is 0. The maximum atomic E-state index is 11.7. The third-order valence-electron chi connectivity index (χ3n) is 2.09. The normalized spacial score (nSPS) is 9.53. The predicted molar refractivity (Wildman–Crippen MR) is 59.0 cm³/mol. The molecule has 0 aliphatic rings. The molecule has 0 fully saturated rings. The lowest BCUT2D eigenvalue weighted by Crippen LogP contribution is -2.42. The standard InChI is InChI=1S/C10H11N3O4/c1-7(14)12(2)11-10(15)8-5-3-4-6-9(8)13(16)17/h3-6H,1-2H3,(H,11,15). The maximum Gasteiger partial charge on any atom is 0.282 e. The summed E-state index contributed by atoms with van der Waals surface area (Å²) in [6.07, 6.45) is 0. The van der Waals surface area contributed by atoms with Gasteiger partial charge in [0.2, 0.25) is 5.91 Å². The summed E-state index contributed by atoms with van der Waals surface area (Å²) in [6, 6.07) is 5.52. The van der Waals surface area contributed by atoms with Crippen molar-refractivity contribution < 1.29 is 14.5 Å². The van der Waals surface area contributed by atoms with Crippen molar-refractivity contribution in [1.82, 2.24) is 10.4 Å². The minimum absolute atomic E-state index is 0.0920. The topological polar surface area (TPSA) is 92.6 Å². The summed E-state index contributed by atoms with van der Waals surface area (Å²) in [7, 11) is 1.36. The second-order valence-electron chi connectivity index (χ2n) is 3.29. The van der Waals surface area contributed by atoms with Crippen molar-refractivity contribution in [3.63, 3.8) is 0 Å². The Labute approximate surface area is 97.1 Å². The van der Waals surface area contributed by atoms with Crippen LogP contribution in [0.1, 0.15) is 17.3 Å². The summed E-state index contributed by atoms with van der Waals surface area (Å²) in [5.74, 6) is -1.08. The molecule has 0 heterocycles. The highest BCUT2D eigenvalue weighted by Crippen LogP contribution is 2.17. The average Bonchev–Trinajstić information content (AvgIpc) is 2.28. The fraction of sp³-hybridized carbons (Fsp3) is 0.200. The Morgan fingerprint density at radius 1 is 1.35 bits per heavy atom. The molecule has 0 bridgehead atoms. The van der Waals surface area contributed by atoms with E-state index in [1.807, 2.05) is 0 Å². The molecule has 1 aromatic carbocycles. The van der Waals surface area contributed by atoms with Crippen LogP contribution in [0.15, 0.2) is 24.3 Å². The highest BCUT2D eigenvalue weighted by molar-refractivity contribution is 5.98. The lowest BCUT2D eigenvalue weighted by molar-refractivity contribution is -0.385. The molecule has 0 atom stereocenters. The molecule has 1 N–H and O–H groups in total. The lowest BCUT2D eigenvalue weighted by Gasteiger charge is -2.15. The fourth-order valence-electron chi connectivity index (χ4n) is 1.12.